The van der Waals surface area contributed by atoms with E-state index in [-0.39, 0.29) is 36.8 Å². The lowest BCUT2D eigenvalue weighted by Gasteiger charge is -2.41. The van der Waals surface area contributed by atoms with Crippen molar-refractivity contribution >= 4 is 30.7 Å². The van der Waals surface area contributed by atoms with Crippen LogP contribution < -0.4 is 5.32 Å². The van der Waals surface area contributed by atoms with Crippen LogP contribution in [0.2, 0.25) is 0 Å². The number of piperidine rings is 1. The first-order valence-corrected chi connectivity index (χ1v) is 9.09. The molecule has 2 saturated heterocycles. The Morgan fingerprint density at radius 2 is 1.75 bits per heavy atom. The van der Waals surface area contributed by atoms with Gasteiger partial charge in [0, 0.05) is 32.2 Å². The number of morpholine rings is 1. The van der Waals surface area contributed by atoms with Crippen molar-refractivity contribution in [2.24, 2.45) is 0 Å². The minimum absolute atomic E-state index is 0. The molecule has 0 radical (unpaired) electrons. The van der Waals surface area contributed by atoms with Crippen molar-refractivity contribution in [3.63, 3.8) is 0 Å². The van der Waals surface area contributed by atoms with Gasteiger partial charge in [-0.1, -0.05) is 19.3 Å². The fourth-order valence-corrected chi connectivity index (χ4v) is 4.20. The molecule has 0 aromatic heterocycles. The molecule has 1 N–H and O–H groups in total. The number of carbonyl (C=O) groups excluding carboxylic acids is 1. The van der Waals surface area contributed by atoms with Gasteiger partial charge in [0.2, 0.25) is 0 Å². The monoisotopic (exact) mass is 381 g/mol. The molecule has 0 spiro atoms. The third-order valence-corrected chi connectivity index (χ3v) is 5.67. The summed E-state index contributed by atoms with van der Waals surface area (Å²) in [5, 5.41) is 3.42. The van der Waals surface area contributed by atoms with Gasteiger partial charge in [-0.05, 0) is 38.8 Å². The molecule has 2 heterocycles. The standard InChI is InChI=1S/C17H31N3O2.2ClH/c1-19(14-5-3-2-4-6-14)17(21)16-13-20(11-12-22-16)15-7-9-18-10-8-15;;/h14-16,18H,2-13H2,1H3;2*1H. The van der Waals surface area contributed by atoms with Crippen molar-refractivity contribution in [2.75, 3.05) is 39.8 Å². The van der Waals surface area contributed by atoms with Gasteiger partial charge in [0.25, 0.3) is 5.91 Å². The van der Waals surface area contributed by atoms with Gasteiger partial charge in [0.1, 0.15) is 6.10 Å². The number of hydrogen-bond donors (Lipinski definition) is 1. The Balaban J connectivity index is 0.00000144. The van der Waals surface area contributed by atoms with Crippen molar-refractivity contribution in [3.05, 3.63) is 0 Å². The fourth-order valence-electron chi connectivity index (χ4n) is 4.20. The van der Waals surface area contributed by atoms with Crippen molar-refractivity contribution in [1.82, 2.24) is 15.1 Å². The van der Waals surface area contributed by atoms with Crippen LogP contribution in [0.3, 0.4) is 0 Å². The second-order valence-electron chi connectivity index (χ2n) is 7.08. The first-order valence-electron chi connectivity index (χ1n) is 9.09. The molecule has 1 amide bonds. The van der Waals surface area contributed by atoms with E-state index >= 15 is 0 Å². The Morgan fingerprint density at radius 3 is 2.42 bits per heavy atom. The highest BCUT2D eigenvalue weighted by Gasteiger charge is 2.34. The first kappa shape index (κ1) is 22.0. The molecule has 0 bridgehead atoms. The van der Waals surface area contributed by atoms with Crippen LogP contribution in [0, 0.1) is 0 Å². The van der Waals surface area contributed by atoms with E-state index in [0.29, 0.717) is 18.7 Å². The van der Waals surface area contributed by atoms with Gasteiger partial charge in [0.05, 0.1) is 6.61 Å². The quantitative estimate of drug-likeness (QED) is 0.812. The van der Waals surface area contributed by atoms with Crippen LogP contribution in [-0.2, 0) is 9.53 Å². The minimum atomic E-state index is -0.254. The highest BCUT2D eigenvalue weighted by molar-refractivity contribution is 5.85. The van der Waals surface area contributed by atoms with E-state index in [2.05, 4.69) is 10.2 Å². The number of ether oxygens (including phenoxy) is 1. The number of nitrogens with zero attached hydrogens (tertiary/aromatic N) is 2. The number of carbonyl (C=O) groups is 1. The van der Waals surface area contributed by atoms with Crippen LogP contribution in [0.4, 0.5) is 0 Å². The van der Waals surface area contributed by atoms with Crippen LogP contribution >= 0.6 is 24.8 Å². The molecule has 0 aromatic carbocycles. The van der Waals surface area contributed by atoms with E-state index in [4.69, 9.17) is 4.74 Å². The van der Waals surface area contributed by atoms with Crippen LogP contribution in [-0.4, -0.2) is 73.7 Å². The van der Waals surface area contributed by atoms with Gasteiger partial charge < -0.3 is 15.0 Å². The summed E-state index contributed by atoms with van der Waals surface area (Å²) in [5.41, 5.74) is 0. The topological polar surface area (TPSA) is 44.8 Å². The maximum Gasteiger partial charge on any atom is 0.253 e. The summed E-state index contributed by atoms with van der Waals surface area (Å²) in [4.78, 5) is 17.3. The lowest BCUT2D eigenvalue weighted by atomic mass is 9.94. The number of likely N-dealkylation sites (N-methyl/N-ethyl adjacent to an activating group) is 1. The first-order chi connectivity index (χ1) is 10.8. The molecule has 1 saturated carbocycles. The lowest BCUT2D eigenvalue weighted by molar-refractivity contribution is -0.152. The lowest BCUT2D eigenvalue weighted by Crippen LogP contribution is -2.56. The van der Waals surface area contributed by atoms with Crippen molar-refractivity contribution in [3.8, 4) is 0 Å². The molecule has 2 aliphatic heterocycles. The van der Waals surface area contributed by atoms with Crippen molar-refractivity contribution in [2.45, 2.75) is 63.1 Å². The molecule has 3 aliphatic rings. The largest absolute Gasteiger partial charge is 0.366 e. The maximum absolute atomic E-state index is 12.8. The Kier molecular flexibility index (Phi) is 9.90. The van der Waals surface area contributed by atoms with E-state index < -0.39 is 0 Å². The number of rotatable bonds is 3. The Morgan fingerprint density at radius 1 is 1.08 bits per heavy atom. The molecule has 1 unspecified atom stereocenters. The molecule has 3 rings (SSSR count). The second kappa shape index (κ2) is 10.8. The molecule has 24 heavy (non-hydrogen) atoms. The third kappa shape index (κ3) is 5.46. The summed E-state index contributed by atoms with van der Waals surface area (Å²) in [6.07, 6.45) is 8.29. The molecule has 7 heteroatoms. The summed E-state index contributed by atoms with van der Waals surface area (Å²) in [7, 11) is 1.98. The Bertz CT molecular complexity index is 375. The molecule has 142 valence electrons. The van der Waals surface area contributed by atoms with Crippen LogP contribution in [0.15, 0.2) is 0 Å². The minimum Gasteiger partial charge on any atom is -0.366 e. The van der Waals surface area contributed by atoms with E-state index in [0.717, 1.165) is 39.0 Å². The predicted molar refractivity (Wildman–Crippen MR) is 101 cm³/mol. The van der Waals surface area contributed by atoms with Gasteiger partial charge >= 0.3 is 0 Å². The smallest absolute Gasteiger partial charge is 0.253 e. The van der Waals surface area contributed by atoms with Gasteiger partial charge in [-0.25, -0.2) is 0 Å². The zero-order chi connectivity index (χ0) is 15.4. The average Bonchev–Trinajstić information content (AvgIpc) is 2.62. The predicted octanol–water partition coefficient (Wildman–Crippen LogP) is 2.07. The highest BCUT2D eigenvalue weighted by atomic mass is 35.5. The van der Waals surface area contributed by atoms with E-state index in [1.54, 1.807) is 0 Å². The molecule has 5 nitrogen and oxygen atoms in total. The van der Waals surface area contributed by atoms with Crippen LogP contribution in [0.5, 0.6) is 0 Å². The fraction of sp³-hybridized carbons (Fsp3) is 0.941. The Hall–Kier alpha value is -0.0700. The normalized spacial score (nSPS) is 27.0. The zero-order valence-corrected chi connectivity index (χ0v) is 16.4. The van der Waals surface area contributed by atoms with E-state index in [1.165, 1.54) is 32.1 Å². The van der Waals surface area contributed by atoms with Gasteiger partial charge in [-0.3, -0.25) is 9.69 Å². The summed E-state index contributed by atoms with van der Waals surface area (Å²) in [6, 6.07) is 1.06. The highest BCUT2D eigenvalue weighted by Crippen LogP contribution is 2.23. The van der Waals surface area contributed by atoms with Gasteiger partial charge in [-0.2, -0.15) is 0 Å². The second-order valence-corrected chi connectivity index (χ2v) is 7.08. The molecule has 1 atom stereocenters. The van der Waals surface area contributed by atoms with Crippen LogP contribution in [0.25, 0.3) is 0 Å². The molecular weight excluding hydrogens is 349 g/mol. The maximum atomic E-state index is 12.8. The van der Waals surface area contributed by atoms with E-state index in [1.807, 2.05) is 11.9 Å². The van der Waals surface area contributed by atoms with Gasteiger partial charge in [-0.15, -0.1) is 24.8 Å². The third-order valence-electron chi connectivity index (χ3n) is 5.67. The molecule has 1 aliphatic carbocycles. The van der Waals surface area contributed by atoms with Crippen LogP contribution in [0.1, 0.15) is 44.9 Å². The van der Waals surface area contributed by atoms with Gasteiger partial charge in [0.15, 0.2) is 0 Å². The molecule has 0 aromatic rings. The molecule has 3 fully saturated rings. The Labute approximate surface area is 158 Å². The summed E-state index contributed by atoms with van der Waals surface area (Å²) < 4.78 is 5.82. The van der Waals surface area contributed by atoms with Crippen molar-refractivity contribution in [1.29, 1.82) is 0 Å². The van der Waals surface area contributed by atoms with Crippen molar-refractivity contribution < 1.29 is 9.53 Å². The van der Waals surface area contributed by atoms with E-state index in [9.17, 15) is 4.79 Å². The summed E-state index contributed by atoms with van der Waals surface area (Å²) in [6.45, 7) is 4.65. The summed E-state index contributed by atoms with van der Waals surface area (Å²) in [5.74, 6) is 0.200. The number of amides is 1. The number of halogens is 2. The number of hydrogen-bond acceptors (Lipinski definition) is 4. The SMILES string of the molecule is CN(C(=O)C1CN(C2CCNCC2)CCO1)C1CCCCC1.Cl.Cl. The average molecular weight is 382 g/mol. The zero-order valence-electron chi connectivity index (χ0n) is 14.7. The summed E-state index contributed by atoms with van der Waals surface area (Å²) >= 11 is 0. The molecular formula is C17H33Cl2N3O2. The number of nitrogens with one attached hydrogen (secondary N) is 1.